The summed E-state index contributed by atoms with van der Waals surface area (Å²) >= 11 is 0. The van der Waals surface area contributed by atoms with E-state index in [4.69, 9.17) is 80.5 Å². The van der Waals surface area contributed by atoms with Crippen molar-refractivity contribution in [2.24, 2.45) is 0 Å². The van der Waals surface area contributed by atoms with Gasteiger partial charge < -0.3 is 85.8 Å². The fraction of sp³-hybridized carbons (Fsp3) is 0.574. The van der Waals surface area contributed by atoms with Crippen molar-refractivity contribution in [3.8, 4) is 0 Å². The van der Waals surface area contributed by atoms with Gasteiger partial charge in [-0.3, -0.25) is 43.2 Å². The lowest BCUT2D eigenvalue weighted by Gasteiger charge is -2.50. The Bertz CT molecular complexity index is 2560. The van der Waals surface area contributed by atoms with E-state index in [-0.39, 0.29) is 31.7 Å². The topological polar surface area (TPSA) is 357 Å². The van der Waals surface area contributed by atoms with Gasteiger partial charge in [-0.25, -0.2) is 9.59 Å². The molecule has 456 valence electrons. The van der Waals surface area contributed by atoms with Gasteiger partial charge in [0.05, 0.1) is 12.2 Å². The molecule has 15 atom stereocenters. The van der Waals surface area contributed by atoms with Gasteiger partial charge in [-0.1, -0.05) is 48.5 Å². The molecule has 29 heteroatoms. The first-order valence-electron chi connectivity index (χ1n) is 25.9. The van der Waals surface area contributed by atoms with Gasteiger partial charge in [-0.2, -0.15) is 0 Å². The summed E-state index contributed by atoms with van der Waals surface area (Å²) in [6.07, 6.45) is -28.6. The lowest BCUT2D eigenvalue weighted by Crippen LogP contribution is -2.69. The molecule has 0 radical (unpaired) electrons. The molecule has 3 aliphatic heterocycles. The standard InChI is InChI=1S/C54H67NO28/c1-27(56)68-24-38-41(72-30(4)59)44(75-33(7)62)47(51(78-38)67-22-16-21-55-54(66)71-23-36-17-12-10-13-18-36)83-53-49(81-50(65)37-19-14-11-15-20-37)46(43(74-32(6)61)40(80-53)26-70-29(3)58)82-52-48(77-35(9)64)45(76-34(8)63)42(73-31(5)60)39(79-52)25-69-28(2)57/h10-15,17-20,38-49,51-53H,16,21-26H2,1-9H3,(H,55,66)/t38-,39-,40-,41-,42-,43-,44+,45+,46+,47+,48+,49+,51+,52-,53-/m1/s1. The van der Waals surface area contributed by atoms with Crippen LogP contribution in [0.5, 0.6) is 0 Å². The fourth-order valence-electron chi connectivity index (χ4n) is 8.70. The van der Waals surface area contributed by atoms with Gasteiger partial charge >= 0.3 is 65.8 Å². The summed E-state index contributed by atoms with van der Waals surface area (Å²) in [7, 11) is 0. The fourth-order valence-corrected chi connectivity index (χ4v) is 8.70. The van der Waals surface area contributed by atoms with Gasteiger partial charge in [-0.15, -0.1) is 0 Å². The zero-order valence-electron chi connectivity index (χ0n) is 46.8. The molecule has 0 aliphatic carbocycles. The smallest absolute Gasteiger partial charge is 0.407 e. The third kappa shape index (κ3) is 20.8. The van der Waals surface area contributed by atoms with Gasteiger partial charge in [0.2, 0.25) is 0 Å². The first-order valence-corrected chi connectivity index (χ1v) is 25.9. The molecule has 0 bridgehead atoms. The van der Waals surface area contributed by atoms with E-state index in [9.17, 15) is 52.7 Å². The number of hydrogen-bond acceptors (Lipinski definition) is 28. The number of benzene rings is 2. The monoisotopic (exact) mass is 1180 g/mol. The molecule has 83 heavy (non-hydrogen) atoms. The molecular weight excluding hydrogens is 1110 g/mol. The Labute approximate surface area is 475 Å². The molecule has 1 amide bonds. The minimum absolute atomic E-state index is 0.0326. The van der Waals surface area contributed by atoms with Gasteiger partial charge in [0, 0.05) is 68.9 Å². The number of carbonyl (C=O) groups is 11. The van der Waals surface area contributed by atoms with Crippen LogP contribution >= 0.6 is 0 Å². The molecule has 2 aromatic carbocycles. The normalized spacial score (nSPS) is 27.4. The highest BCUT2D eigenvalue weighted by atomic mass is 16.8. The Morgan fingerprint density at radius 2 is 0.771 bits per heavy atom. The molecule has 0 unspecified atom stereocenters. The lowest BCUT2D eigenvalue weighted by atomic mass is 9.95. The van der Waals surface area contributed by atoms with E-state index in [1.165, 1.54) is 24.3 Å². The van der Waals surface area contributed by atoms with Crippen LogP contribution < -0.4 is 5.32 Å². The average molecular weight is 1180 g/mol. The predicted octanol–water partition coefficient (Wildman–Crippen LogP) is 1.77. The predicted molar refractivity (Wildman–Crippen MR) is 270 cm³/mol. The zero-order valence-corrected chi connectivity index (χ0v) is 46.8. The van der Waals surface area contributed by atoms with Gasteiger partial charge in [0.15, 0.2) is 67.7 Å². The molecular formula is C54H67NO28. The Morgan fingerprint density at radius 1 is 0.398 bits per heavy atom. The summed E-state index contributed by atoms with van der Waals surface area (Å²) in [5.74, 6) is -9.73. The van der Waals surface area contributed by atoms with Crippen molar-refractivity contribution < 1.29 is 133 Å². The first-order chi connectivity index (χ1) is 39.4. The first kappa shape index (κ1) is 66.0. The molecule has 1 N–H and O–H groups in total. The Balaban J connectivity index is 1.68. The lowest BCUT2D eigenvalue weighted by molar-refractivity contribution is -0.385. The summed E-state index contributed by atoms with van der Waals surface area (Å²) in [4.78, 5) is 142. The Hall–Kier alpha value is -7.83. The Morgan fingerprint density at radius 3 is 1.22 bits per heavy atom. The van der Waals surface area contributed by atoms with Crippen molar-refractivity contribution in [3.05, 3.63) is 71.8 Å². The second kappa shape index (κ2) is 32.1. The average Bonchev–Trinajstić information content (AvgIpc) is 3.37. The second-order valence-corrected chi connectivity index (χ2v) is 18.6. The molecule has 2 aromatic rings. The van der Waals surface area contributed by atoms with Crippen LogP contribution in [-0.2, 0) is 130 Å². The van der Waals surface area contributed by atoms with Crippen molar-refractivity contribution in [1.82, 2.24) is 5.32 Å². The van der Waals surface area contributed by atoms with Crippen LogP contribution in [0, 0.1) is 0 Å². The minimum Gasteiger partial charge on any atom is -0.463 e. The zero-order chi connectivity index (χ0) is 60.9. The number of carbonyl (C=O) groups excluding carboxylic acids is 11. The molecule has 5 rings (SSSR count). The molecule has 0 spiro atoms. The van der Waals surface area contributed by atoms with E-state index < -0.39 is 178 Å². The maximum atomic E-state index is 14.4. The van der Waals surface area contributed by atoms with E-state index in [2.05, 4.69) is 5.32 Å². The van der Waals surface area contributed by atoms with Crippen molar-refractivity contribution in [3.63, 3.8) is 0 Å². The van der Waals surface area contributed by atoms with Crippen LogP contribution in [0.1, 0.15) is 84.7 Å². The van der Waals surface area contributed by atoms with E-state index in [1.54, 1.807) is 36.4 Å². The quantitative estimate of drug-likeness (QED) is 0.0841. The second-order valence-electron chi connectivity index (χ2n) is 18.6. The van der Waals surface area contributed by atoms with Crippen molar-refractivity contribution in [1.29, 1.82) is 0 Å². The number of rotatable bonds is 25. The van der Waals surface area contributed by atoms with Gasteiger partial charge in [0.25, 0.3) is 0 Å². The summed E-state index contributed by atoms with van der Waals surface area (Å²) in [5, 5.41) is 2.58. The third-order valence-corrected chi connectivity index (χ3v) is 11.9. The van der Waals surface area contributed by atoms with Crippen LogP contribution in [0.2, 0.25) is 0 Å². The highest BCUT2D eigenvalue weighted by Gasteiger charge is 2.60. The maximum Gasteiger partial charge on any atom is 0.407 e. The van der Waals surface area contributed by atoms with Crippen LogP contribution in [0.3, 0.4) is 0 Å². The number of alkyl carbamates (subject to hydrolysis) is 1. The van der Waals surface area contributed by atoms with Crippen LogP contribution in [0.4, 0.5) is 4.79 Å². The molecule has 3 fully saturated rings. The third-order valence-electron chi connectivity index (χ3n) is 11.9. The number of esters is 10. The molecule has 3 aliphatic rings. The van der Waals surface area contributed by atoms with Crippen LogP contribution in [0.15, 0.2) is 60.7 Å². The number of amides is 1. The van der Waals surface area contributed by atoms with Gasteiger partial charge in [-0.05, 0) is 24.1 Å². The largest absolute Gasteiger partial charge is 0.463 e. The highest BCUT2D eigenvalue weighted by Crippen LogP contribution is 2.39. The van der Waals surface area contributed by atoms with E-state index in [0.29, 0.717) is 0 Å². The van der Waals surface area contributed by atoms with Crippen molar-refractivity contribution in [2.75, 3.05) is 33.0 Å². The summed E-state index contributed by atoms with van der Waals surface area (Å²) in [6, 6.07) is 16.1. The number of hydrogen-bond donors (Lipinski definition) is 1. The van der Waals surface area contributed by atoms with Gasteiger partial charge in [0.1, 0.15) is 50.8 Å². The highest BCUT2D eigenvalue weighted by molar-refractivity contribution is 5.89. The molecule has 3 saturated heterocycles. The molecule has 0 saturated carbocycles. The molecule has 29 nitrogen and oxygen atoms in total. The van der Waals surface area contributed by atoms with Crippen LogP contribution in [0.25, 0.3) is 0 Å². The number of nitrogens with one attached hydrogen (secondary N) is 1. The van der Waals surface area contributed by atoms with Crippen LogP contribution in [-0.4, -0.2) is 191 Å². The Kier molecular flexibility index (Phi) is 25.5. The minimum atomic E-state index is -2.16. The number of ether oxygens (including phenoxy) is 17. The molecule has 3 heterocycles. The summed E-state index contributed by atoms with van der Waals surface area (Å²) in [5.41, 5.74) is 0.616. The van der Waals surface area contributed by atoms with E-state index in [1.807, 2.05) is 0 Å². The van der Waals surface area contributed by atoms with E-state index in [0.717, 1.165) is 67.9 Å². The van der Waals surface area contributed by atoms with E-state index >= 15 is 0 Å². The SMILES string of the molecule is CC(=O)OC[C@H]1O[C@H](O[C@@H]2[C@H](OC(=O)c3ccccc3)[C@@H](O[C@@H]3[C@@H](OCCCNC(=O)OCc4ccccc4)O[C@H](COC(C)=O)[C@@H](OC(C)=O)[C@@H]3OC(C)=O)O[C@H](COC(C)=O)[C@H]2OC(C)=O)[C@@H](OC(C)=O)[C@@H](OC(C)=O)[C@@H]1OC(C)=O. The van der Waals surface area contributed by atoms with Crippen molar-refractivity contribution in [2.45, 2.75) is 167 Å². The maximum absolute atomic E-state index is 14.4. The summed E-state index contributed by atoms with van der Waals surface area (Å²) in [6.45, 7) is 6.49. The summed E-state index contributed by atoms with van der Waals surface area (Å²) < 4.78 is 100. The van der Waals surface area contributed by atoms with Crippen molar-refractivity contribution >= 4 is 65.8 Å². The molecule has 0 aromatic heterocycles.